The van der Waals surface area contributed by atoms with E-state index in [1.165, 1.54) is 16.5 Å². The van der Waals surface area contributed by atoms with E-state index in [0.29, 0.717) is 0 Å². The zero-order valence-corrected chi connectivity index (χ0v) is 9.53. The Morgan fingerprint density at radius 3 is 2.46 bits per heavy atom. The molecule has 0 amide bonds. The highest BCUT2D eigenvalue weighted by molar-refractivity contribution is 9.10. The molecule has 2 aromatic rings. The smallest absolute Gasteiger partial charge is 0.148 e. The van der Waals surface area contributed by atoms with Crippen molar-refractivity contribution in [2.24, 2.45) is 0 Å². The van der Waals surface area contributed by atoms with E-state index in [2.05, 4.69) is 41.9 Å². The van der Waals surface area contributed by atoms with Gasteiger partial charge >= 0.3 is 0 Å². The van der Waals surface area contributed by atoms with Crippen LogP contribution in [0.5, 0.6) is 0 Å². The zero-order chi connectivity index (χ0) is 9.59. The number of hydrogen-bond acceptors (Lipinski definition) is 1. The molecule has 0 radical (unpaired) electrons. The van der Waals surface area contributed by atoms with Crippen molar-refractivity contribution in [3.8, 4) is 0 Å². The molecule has 0 saturated carbocycles. The van der Waals surface area contributed by atoms with Crippen LogP contribution in [0.25, 0.3) is 11.0 Å². The van der Waals surface area contributed by atoms with E-state index < -0.39 is 0 Å². The Hall–Kier alpha value is -0.760. The minimum absolute atomic E-state index is 0.962. The van der Waals surface area contributed by atoms with Gasteiger partial charge in [-0.05, 0) is 53.9 Å². The fraction of sp³-hybridized carbons (Fsp3) is 0.273. The summed E-state index contributed by atoms with van der Waals surface area (Å²) in [6, 6.07) is 4.25. The summed E-state index contributed by atoms with van der Waals surface area (Å²) in [4.78, 5) is 0. The van der Waals surface area contributed by atoms with E-state index in [-0.39, 0.29) is 0 Å². The summed E-state index contributed by atoms with van der Waals surface area (Å²) in [6.07, 6.45) is 0. The molecule has 0 aliphatic carbocycles. The Morgan fingerprint density at radius 1 is 1.08 bits per heavy atom. The van der Waals surface area contributed by atoms with Gasteiger partial charge in [-0.2, -0.15) is 0 Å². The fourth-order valence-electron chi connectivity index (χ4n) is 1.62. The van der Waals surface area contributed by atoms with Crippen LogP contribution < -0.4 is 0 Å². The first kappa shape index (κ1) is 8.82. The first-order chi connectivity index (χ1) is 6.09. The highest BCUT2D eigenvalue weighted by Gasteiger charge is 2.09. The van der Waals surface area contributed by atoms with Gasteiger partial charge in [-0.3, -0.25) is 0 Å². The number of furan rings is 1. The van der Waals surface area contributed by atoms with E-state index >= 15 is 0 Å². The molecule has 0 N–H and O–H groups in total. The van der Waals surface area contributed by atoms with Crippen molar-refractivity contribution in [1.29, 1.82) is 0 Å². The van der Waals surface area contributed by atoms with Gasteiger partial charge in [0.15, 0.2) is 0 Å². The standard InChI is InChI=1S/C11H11BrO/c1-6-4-7(2)10(12)11-9(6)5-8(3)13-11/h4-5H,1-3H3. The molecule has 0 aliphatic rings. The fourth-order valence-corrected chi connectivity index (χ4v) is 2.02. The minimum atomic E-state index is 0.962. The maximum absolute atomic E-state index is 5.61. The maximum atomic E-state index is 5.61. The summed E-state index contributed by atoms with van der Waals surface area (Å²) in [5, 5.41) is 1.20. The Morgan fingerprint density at radius 2 is 1.77 bits per heavy atom. The third-order valence-corrected chi connectivity index (χ3v) is 3.24. The molecule has 1 nitrogen and oxygen atoms in total. The van der Waals surface area contributed by atoms with E-state index in [9.17, 15) is 0 Å². The summed E-state index contributed by atoms with van der Waals surface area (Å²) in [5.74, 6) is 0.962. The van der Waals surface area contributed by atoms with Crippen LogP contribution in [0.3, 0.4) is 0 Å². The Labute approximate surface area is 85.9 Å². The number of rotatable bonds is 0. The molecule has 0 aliphatic heterocycles. The summed E-state index contributed by atoms with van der Waals surface area (Å²) in [6.45, 7) is 6.16. The van der Waals surface area contributed by atoms with Crippen LogP contribution in [-0.2, 0) is 0 Å². The lowest BCUT2D eigenvalue weighted by molar-refractivity contribution is 0.576. The van der Waals surface area contributed by atoms with Crippen LogP contribution in [0, 0.1) is 20.8 Å². The maximum Gasteiger partial charge on any atom is 0.148 e. The highest BCUT2D eigenvalue weighted by Crippen LogP contribution is 2.32. The SMILES string of the molecule is Cc1cc2c(C)cc(C)c(Br)c2o1. The molecule has 0 atom stereocenters. The molecule has 1 aromatic carbocycles. The van der Waals surface area contributed by atoms with E-state index in [1.807, 2.05) is 6.92 Å². The topological polar surface area (TPSA) is 13.1 Å². The van der Waals surface area contributed by atoms with E-state index in [1.54, 1.807) is 0 Å². The van der Waals surface area contributed by atoms with Crippen molar-refractivity contribution in [3.05, 3.63) is 33.5 Å². The van der Waals surface area contributed by atoms with Crippen LogP contribution in [0.15, 0.2) is 21.0 Å². The van der Waals surface area contributed by atoms with Gasteiger partial charge in [0.05, 0.1) is 4.47 Å². The number of benzene rings is 1. The molecule has 0 bridgehead atoms. The first-order valence-electron chi connectivity index (χ1n) is 4.25. The second-order valence-corrected chi connectivity index (χ2v) is 4.22. The number of hydrogen-bond donors (Lipinski definition) is 0. The molecule has 0 fully saturated rings. The van der Waals surface area contributed by atoms with Gasteiger partial charge in [-0.15, -0.1) is 0 Å². The Kier molecular flexibility index (Phi) is 1.95. The average Bonchev–Trinajstić information content (AvgIpc) is 2.44. The van der Waals surface area contributed by atoms with Gasteiger partial charge < -0.3 is 4.42 Å². The monoisotopic (exact) mass is 238 g/mol. The predicted molar refractivity (Wildman–Crippen MR) is 58.1 cm³/mol. The van der Waals surface area contributed by atoms with Crippen molar-refractivity contribution in [2.45, 2.75) is 20.8 Å². The Bertz CT molecular complexity index is 468. The zero-order valence-electron chi connectivity index (χ0n) is 7.94. The predicted octanol–water partition coefficient (Wildman–Crippen LogP) is 4.12. The molecule has 0 saturated heterocycles. The largest absolute Gasteiger partial charge is 0.460 e. The lowest BCUT2D eigenvalue weighted by Gasteiger charge is -2.01. The molecule has 2 heteroatoms. The summed E-state index contributed by atoms with van der Waals surface area (Å²) >= 11 is 3.53. The first-order valence-corrected chi connectivity index (χ1v) is 5.04. The number of fused-ring (bicyclic) bond motifs is 1. The molecule has 0 spiro atoms. The molecule has 1 heterocycles. The molecule has 2 rings (SSSR count). The number of halogens is 1. The van der Waals surface area contributed by atoms with Gasteiger partial charge in [0, 0.05) is 5.39 Å². The summed E-state index contributed by atoms with van der Waals surface area (Å²) < 4.78 is 6.68. The normalized spacial score (nSPS) is 11.1. The molecule has 1 aromatic heterocycles. The van der Waals surface area contributed by atoms with Crippen LogP contribution in [0.1, 0.15) is 16.9 Å². The van der Waals surface area contributed by atoms with Crippen molar-refractivity contribution >= 4 is 26.9 Å². The van der Waals surface area contributed by atoms with Gasteiger partial charge in [0.2, 0.25) is 0 Å². The van der Waals surface area contributed by atoms with Crippen molar-refractivity contribution in [2.75, 3.05) is 0 Å². The van der Waals surface area contributed by atoms with Gasteiger partial charge in [0.25, 0.3) is 0 Å². The second-order valence-electron chi connectivity index (χ2n) is 3.42. The van der Waals surface area contributed by atoms with Gasteiger partial charge in [-0.25, -0.2) is 0 Å². The van der Waals surface area contributed by atoms with Crippen molar-refractivity contribution in [1.82, 2.24) is 0 Å². The van der Waals surface area contributed by atoms with Crippen LogP contribution in [-0.4, -0.2) is 0 Å². The molecule has 0 unspecified atom stereocenters. The third-order valence-electron chi connectivity index (χ3n) is 2.26. The minimum Gasteiger partial charge on any atom is -0.460 e. The Balaban J connectivity index is 2.95. The van der Waals surface area contributed by atoms with E-state index in [0.717, 1.165) is 15.8 Å². The van der Waals surface area contributed by atoms with Crippen molar-refractivity contribution in [3.63, 3.8) is 0 Å². The van der Waals surface area contributed by atoms with Crippen LogP contribution in [0.2, 0.25) is 0 Å². The molecule has 68 valence electrons. The lowest BCUT2D eigenvalue weighted by atomic mass is 10.1. The van der Waals surface area contributed by atoms with E-state index in [4.69, 9.17) is 4.42 Å². The molecular formula is C11H11BrO. The molecule has 13 heavy (non-hydrogen) atoms. The van der Waals surface area contributed by atoms with Crippen LogP contribution >= 0.6 is 15.9 Å². The number of aryl methyl sites for hydroxylation is 3. The summed E-state index contributed by atoms with van der Waals surface area (Å²) in [5.41, 5.74) is 3.46. The van der Waals surface area contributed by atoms with Crippen LogP contribution in [0.4, 0.5) is 0 Å². The third kappa shape index (κ3) is 1.29. The second kappa shape index (κ2) is 2.88. The summed E-state index contributed by atoms with van der Waals surface area (Å²) in [7, 11) is 0. The quantitative estimate of drug-likeness (QED) is 0.673. The van der Waals surface area contributed by atoms with Crippen molar-refractivity contribution < 1.29 is 4.42 Å². The lowest BCUT2D eigenvalue weighted by Crippen LogP contribution is -1.80. The molecular weight excluding hydrogens is 228 g/mol. The highest BCUT2D eigenvalue weighted by atomic mass is 79.9. The average molecular weight is 239 g/mol. The van der Waals surface area contributed by atoms with Gasteiger partial charge in [-0.1, -0.05) is 6.07 Å². The van der Waals surface area contributed by atoms with Gasteiger partial charge in [0.1, 0.15) is 11.3 Å².